The Labute approximate surface area is 153 Å². The average molecular weight is 358 g/mol. The van der Waals surface area contributed by atoms with E-state index < -0.39 is 0 Å². The van der Waals surface area contributed by atoms with Gasteiger partial charge < -0.3 is 18.5 Å². The topological polar surface area (TPSA) is 59.1 Å². The lowest BCUT2D eigenvalue weighted by Gasteiger charge is -2.52. The highest BCUT2D eigenvalue weighted by atomic mass is 16.5. The number of rotatable bonds is 5. The summed E-state index contributed by atoms with van der Waals surface area (Å²) in [5, 5.41) is 0. The maximum absolute atomic E-state index is 12.5. The van der Waals surface area contributed by atoms with E-state index in [1.165, 1.54) is 0 Å². The zero-order chi connectivity index (χ0) is 18.1. The maximum Gasteiger partial charge on any atom is 0.290 e. The van der Waals surface area contributed by atoms with Crippen molar-refractivity contribution in [3.05, 3.63) is 47.8 Å². The summed E-state index contributed by atoms with van der Waals surface area (Å²) in [5.41, 5.74) is 0.742. The molecule has 4 heterocycles. The Balaban J connectivity index is 1.23. The van der Waals surface area contributed by atoms with Gasteiger partial charge in [0.05, 0.1) is 38.8 Å². The van der Waals surface area contributed by atoms with Gasteiger partial charge in [0, 0.05) is 12.1 Å². The van der Waals surface area contributed by atoms with Crippen molar-refractivity contribution in [2.45, 2.75) is 31.9 Å². The van der Waals surface area contributed by atoms with Crippen LogP contribution in [0.1, 0.15) is 34.7 Å². The van der Waals surface area contributed by atoms with Crippen molar-refractivity contribution in [3.63, 3.8) is 0 Å². The van der Waals surface area contributed by atoms with Gasteiger partial charge in [-0.25, -0.2) is 0 Å². The third-order valence-corrected chi connectivity index (χ3v) is 5.51. The van der Waals surface area contributed by atoms with Gasteiger partial charge in [0.25, 0.3) is 5.91 Å². The van der Waals surface area contributed by atoms with Crippen LogP contribution >= 0.6 is 0 Å². The molecule has 2 aromatic rings. The largest absolute Gasteiger partial charge is 0.468 e. The van der Waals surface area contributed by atoms with Crippen molar-refractivity contribution in [1.29, 1.82) is 0 Å². The molecule has 2 aliphatic rings. The second-order valence-corrected chi connectivity index (χ2v) is 7.77. The number of ether oxygens (including phenoxy) is 1. The molecule has 1 amide bonds. The van der Waals surface area contributed by atoms with Crippen LogP contribution in [-0.4, -0.2) is 54.6 Å². The van der Waals surface area contributed by atoms with Crippen molar-refractivity contribution < 1.29 is 18.4 Å². The van der Waals surface area contributed by atoms with E-state index in [9.17, 15) is 4.79 Å². The van der Waals surface area contributed by atoms with Crippen LogP contribution in [0.5, 0.6) is 0 Å². The standard InChI is InChI=1S/C20H26N2O4/c1-15-6-9-25-18(15)19(23)22-13-20(14-22)7-5-16(12-26-20)10-21(2)11-17-4-3-8-24-17/h3-4,6,8-9,16H,5,7,10-14H2,1-2H3. The first-order chi connectivity index (χ1) is 12.5. The van der Waals surface area contributed by atoms with Gasteiger partial charge in [-0.3, -0.25) is 9.69 Å². The first-order valence-corrected chi connectivity index (χ1v) is 9.23. The monoisotopic (exact) mass is 358 g/mol. The Morgan fingerprint density at radius 1 is 1.31 bits per heavy atom. The lowest BCUT2D eigenvalue weighted by atomic mass is 9.82. The molecule has 2 aromatic heterocycles. The van der Waals surface area contributed by atoms with Crippen molar-refractivity contribution in [2.24, 2.45) is 5.92 Å². The van der Waals surface area contributed by atoms with Crippen LogP contribution in [0.25, 0.3) is 0 Å². The average Bonchev–Trinajstić information content (AvgIpc) is 3.24. The summed E-state index contributed by atoms with van der Waals surface area (Å²) < 4.78 is 16.9. The number of hydrogen-bond acceptors (Lipinski definition) is 5. The summed E-state index contributed by atoms with van der Waals surface area (Å²) in [6, 6.07) is 5.75. The Kier molecular flexibility index (Phi) is 4.63. The second-order valence-electron chi connectivity index (χ2n) is 7.77. The molecule has 0 aromatic carbocycles. The SMILES string of the molecule is Cc1ccoc1C(=O)N1CC2(CCC(CN(C)Cc3ccco3)CO2)C1. The molecule has 6 nitrogen and oxygen atoms in total. The highest BCUT2D eigenvalue weighted by Gasteiger charge is 2.49. The van der Waals surface area contributed by atoms with Crippen molar-refractivity contribution in [1.82, 2.24) is 9.80 Å². The van der Waals surface area contributed by atoms with Crippen molar-refractivity contribution in [3.8, 4) is 0 Å². The number of carbonyl (C=O) groups is 1. The summed E-state index contributed by atoms with van der Waals surface area (Å²) in [7, 11) is 2.11. The number of likely N-dealkylation sites (tertiary alicyclic amines) is 1. The number of furan rings is 2. The fraction of sp³-hybridized carbons (Fsp3) is 0.550. The smallest absolute Gasteiger partial charge is 0.290 e. The van der Waals surface area contributed by atoms with Gasteiger partial charge in [0.15, 0.2) is 5.76 Å². The number of nitrogens with zero attached hydrogens (tertiary/aromatic N) is 2. The first kappa shape index (κ1) is 17.4. The minimum Gasteiger partial charge on any atom is -0.468 e. The van der Waals surface area contributed by atoms with Crippen LogP contribution in [-0.2, 0) is 11.3 Å². The normalized spacial score (nSPS) is 22.0. The van der Waals surface area contributed by atoms with Gasteiger partial charge in [-0.15, -0.1) is 0 Å². The van der Waals surface area contributed by atoms with Crippen LogP contribution in [0.2, 0.25) is 0 Å². The molecular formula is C20H26N2O4. The zero-order valence-corrected chi connectivity index (χ0v) is 15.4. The molecular weight excluding hydrogens is 332 g/mol. The summed E-state index contributed by atoms with van der Waals surface area (Å²) in [6.07, 6.45) is 5.42. The summed E-state index contributed by atoms with van der Waals surface area (Å²) in [6.45, 7) is 5.80. The van der Waals surface area contributed by atoms with E-state index in [-0.39, 0.29) is 11.5 Å². The van der Waals surface area contributed by atoms with Crippen molar-refractivity contribution in [2.75, 3.05) is 33.3 Å². The zero-order valence-electron chi connectivity index (χ0n) is 15.4. The molecule has 1 spiro atoms. The molecule has 4 rings (SSSR count). The second kappa shape index (κ2) is 6.93. The van der Waals surface area contributed by atoms with Gasteiger partial charge >= 0.3 is 0 Å². The molecule has 2 aliphatic heterocycles. The van der Waals surface area contributed by atoms with Crippen LogP contribution in [0.4, 0.5) is 0 Å². The number of hydrogen-bond donors (Lipinski definition) is 0. The third-order valence-electron chi connectivity index (χ3n) is 5.51. The number of aryl methyl sites for hydroxylation is 1. The molecule has 1 unspecified atom stereocenters. The number of amides is 1. The minimum absolute atomic E-state index is 0.0259. The Morgan fingerprint density at radius 3 is 2.77 bits per heavy atom. The number of carbonyl (C=O) groups excluding carboxylic acids is 1. The van der Waals surface area contributed by atoms with Crippen LogP contribution in [0.3, 0.4) is 0 Å². The van der Waals surface area contributed by atoms with Gasteiger partial charge in [0.1, 0.15) is 11.4 Å². The summed E-state index contributed by atoms with van der Waals surface area (Å²) in [5.74, 6) is 1.94. The van der Waals surface area contributed by atoms with E-state index in [4.69, 9.17) is 13.6 Å². The molecule has 0 radical (unpaired) electrons. The Hall–Kier alpha value is -2.05. The fourth-order valence-electron chi connectivity index (χ4n) is 4.01. The molecule has 2 saturated heterocycles. The molecule has 140 valence electrons. The first-order valence-electron chi connectivity index (χ1n) is 9.23. The lowest BCUT2D eigenvalue weighted by molar-refractivity contribution is -0.168. The van der Waals surface area contributed by atoms with Gasteiger partial charge in [-0.05, 0) is 50.9 Å². The van der Waals surface area contributed by atoms with E-state index in [2.05, 4.69) is 11.9 Å². The Morgan fingerprint density at radius 2 is 2.15 bits per heavy atom. The summed E-state index contributed by atoms with van der Waals surface area (Å²) in [4.78, 5) is 16.6. The van der Waals surface area contributed by atoms with E-state index >= 15 is 0 Å². The summed E-state index contributed by atoms with van der Waals surface area (Å²) >= 11 is 0. The highest BCUT2D eigenvalue weighted by molar-refractivity contribution is 5.93. The predicted molar refractivity (Wildman–Crippen MR) is 95.8 cm³/mol. The quantitative estimate of drug-likeness (QED) is 0.822. The lowest BCUT2D eigenvalue weighted by Crippen LogP contribution is -2.66. The highest BCUT2D eigenvalue weighted by Crippen LogP contribution is 2.37. The van der Waals surface area contributed by atoms with Crippen molar-refractivity contribution >= 4 is 5.91 Å². The van der Waals surface area contributed by atoms with E-state index in [1.54, 1.807) is 12.5 Å². The molecule has 2 fully saturated rings. The fourth-order valence-corrected chi connectivity index (χ4v) is 4.01. The van der Waals surface area contributed by atoms with E-state index in [1.807, 2.05) is 30.0 Å². The van der Waals surface area contributed by atoms with Gasteiger partial charge in [-0.1, -0.05) is 0 Å². The van der Waals surface area contributed by atoms with E-state index in [0.717, 1.165) is 43.9 Å². The predicted octanol–water partition coefficient (Wildman–Crippen LogP) is 2.93. The van der Waals surface area contributed by atoms with Gasteiger partial charge in [0.2, 0.25) is 0 Å². The van der Waals surface area contributed by atoms with Crippen LogP contribution < -0.4 is 0 Å². The Bertz CT molecular complexity index is 736. The third kappa shape index (κ3) is 3.44. The van der Waals surface area contributed by atoms with E-state index in [0.29, 0.717) is 24.8 Å². The van der Waals surface area contributed by atoms with Crippen LogP contribution in [0, 0.1) is 12.8 Å². The van der Waals surface area contributed by atoms with Crippen LogP contribution in [0.15, 0.2) is 39.6 Å². The molecule has 0 aliphatic carbocycles. The molecule has 0 bridgehead atoms. The molecule has 0 saturated carbocycles. The maximum atomic E-state index is 12.5. The molecule has 26 heavy (non-hydrogen) atoms. The molecule has 0 N–H and O–H groups in total. The minimum atomic E-state index is -0.147. The van der Waals surface area contributed by atoms with Gasteiger partial charge in [-0.2, -0.15) is 0 Å². The molecule has 6 heteroatoms. The molecule has 1 atom stereocenters.